The van der Waals surface area contributed by atoms with E-state index in [9.17, 15) is 13.5 Å². The Morgan fingerprint density at radius 3 is 2.14 bits per heavy atom. The van der Waals surface area contributed by atoms with Gasteiger partial charge in [0.1, 0.15) is 5.75 Å². The van der Waals surface area contributed by atoms with Crippen molar-refractivity contribution in [2.24, 2.45) is 5.14 Å². The molecular weight excluding hydrogens is 374 g/mol. The van der Waals surface area contributed by atoms with Crippen molar-refractivity contribution in [2.75, 3.05) is 0 Å². The second kappa shape index (κ2) is 6.95. The van der Waals surface area contributed by atoms with E-state index in [1.165, 1.54) is 12.1 Å². The van der Waals surface area contributed by atoms with Gasteiger partial charge in [0.15, 0.2) is 0 Å². The highest BCUT2D eigenvalue weighted by atomic mass is 32.2. The molecule has 0 saturated heterocycles. The number of aromatic nitrogens is 2. The van der Waals surface area contributed by atoms with Crippen LogP contribution < -0.4 is 5.14 Å². The first-order valence-electron chi connectivity index (χ1n) is 8.50. The molecule has 3 aromatic carbocycles. The molecule has 4 aromatic rings. The molecule has 0 amide bonds. The zero-order chi connectivity index (χ0) is 19.7. The Morgan fingerprint density at radius 2 is 1.50 bits per heavy atom. The maximum absolute atomic E-state index is 11.5. The minimum absolute atomic E-state index is 0.0397. The monoisotopic (exact) mass is 391 g/mol. The van der Waals surface area contributed by atoms with Crippen LogP contribution in [0.15, 0.2) is 89.8 Å². The van der Waals surface area contributed by atoms with Gasteiger partial charge in [-0.1, -0.05) is 42.5 Å². The number of phenolic OH excluding ortho intramolecular Hbond substituents is 1. The molecule has 0 radical (unpaired) electrons. The predicted octanol–water partition coefficient (Wildman–Crippen LogP) is 3.56. The fourth-order valence-electron chi connectivity index (χ4n) is 2.98. The largest absolute Gasteiger partial charge is 0.508 e. The highest BCUT2D eigenvalue weighted by Crippen LogP contribution is 2.30. The third kappa shape index (κ3) is 3.53. The Bertz CT molecular complexity index is 1230. The highest BCUT2D eigenvalue weighted by Gasteiger charge is 2.14. The van der Waals surface area contributed by atoms with E-state index in [4.69, 9.17) is 5.14 Å². The van der Waals surface area contributed by atoms with Crippen LogP contribution >= 0.6 is 0 Å². The van der Waals surface area contributed by atoms with Crippen LogP contribution in [0.4, 0.5) is 0 Å². The van der Waals surface area contributed by atoms with Crippen molar-refractivity contribution in [3.8, 4) is 34.0 Å². The first-order valence-corrected chi connectivity index (χ1v) is 10.0. The Labute approximate surface area is 162 Å². The number of nitrogens with two attached hydrogens (primary N) is 1. The molecular formula is C21H17N3O3S. The molecule has 28 heavy (non-hydrogen) atoms. The first kappa shape index (κ1) is 18.0. The predicted molar refractivity (Wildman–Crippen MR) is 107 cm³/mol. The van der Waals surface area contributed by atoms with Gasteiger partial charge in [-0.15, -0.1) is 0 Å². The zero-order valence-corrected chi connectivity index (χ0v) is 15.5. The molecule has 0 unspecified atom stereocenters. The van der Waals surface area contributed by atoms with Gasteiger partial charge in [-0.2, -0.15) is 5.10 Å². The van der Waals surface area contributed by atoms with Gasteiger partial charge >= 0.3 is 0 Å². The summed E-state index contributed by atoms with van der Waals surface area (Å²) in [4.78, 5) is 0.0397. The van der Waals surface area contributed by atoms with Crippen LogP contribution in [0.25, 0.3) is 28.2 Å². The average molecular weight is 391 g/mol. The van der Waals surface area contributed by atoms with Gasteiger partial charge in [0.05, 0.1) is 22.0 Å². The smallest absolute Gasteiger partial charge is 0.238 e. The quantitative estimate of drug-likeness (QED) is 0.556. The summed E-state index contributed by atoms with van der Waals surface area (Å²) in [5, 5.41) is 19.7. The lowest BCUT2D eigenvalue weighted by molar-refractivity contribution is 0.475. The molecule has 0 saturated carbocycles. The fourth-order valence-corrected chi connectivity index (χ4v) is 3.49. The van der Waals surface area contributed by atoms with Gasteiger partial charge in [0.2, 0.25) is 10.0 Å². The number of benzene rings is 3. The van der Waals surface area contributed by atoms with Gasteiger partial charge in [-0.25, -0.2) is 18.2 Å². The molecule has 3 N–H and O–H groups in total. The summed E-state index contributed by atoms with van der Waals surface area (Å²) in [5.74, 6) is 0.158. The number of aromatic hydroxyl groups is 1. The van der Waals surface area contributed by atoms with Gasteiger partial charge in [-0.05, 0) is 42.5 Å². The number of phenols is 1. The van der Waals surface area contributed by atoms with Crippen LogP contribution in [0.5, 0.6) is 5.75 Å². The van der Waals surface area contributed by atoms with Crippen LogP contribution in [0.3, 0.4) is 0 Å². The standard InChI is InChI=1S/C21H17N3O3S/c22-28(26,27)19-11-9-17(10-12-19)24-21(15-5-2-1-3-6-15)14-20(23-24)16-7-4-8-18(25)13-16/h1-14,25H,(H2,22,26,27). The summed E-state index contributed by atoms with van der Waals surface area (Å²) in [5.41, 5.74) is 3.94. The van der Waals surface area contributed by atoms with E-state index in [1.807, 2.05) is 42.5 Å². The Hall–Kier alpha value is -3.42. The van der Waals surface area contributed by atoms with E-state index in [2.05, 4.69) is 5.10 Å². The van der Waals surface area contributed by atoms with Gasteiger partial charge in [0.25, 0.3) is 0 Å². The number of sulfonamides is 1. The lowest BCUT2D eigenvalue weighted by Gasteiger charge is -2.08. The third-order valence-electron chi connectivity index (χ3n) is 4.33. The number of hydrogen-bond acceptors (Lipinski definition) is 4. The first-order chi connectivity index (χ1) is 13.4. The molecule has 1 heterocycles. The van der Waals surface area contributed by atoms with Crippen molar-refractivity contribution in [3.05, 3.63) is 84.9 Å². The van der Waals surface area contributed by atoms with E-state index in [1.54, 1.807) is 35.0 Å². The summed E-state index contributed by atoms with van der Waals surface area (Å²) in [6.07, 6.45) is 0. The number of hydrogen-bond donors (Lipinski definition) is 2. The van der Waals surface area contributed by atoms with Crippen LogP contribution in [-0.2, 0) is 10.0 Å². The molecule has 0 aliphatic rings. The lowest BCUT2D eigenvalue weighted by Crippen LogP contribution is -2.12. The van der Waals surface area contributed by atoms with Crippen LogP contribution in [0.1, 0.15) is 0 Å². The topological polar surface area (TPSA) is 98.2 Å². The summed E-state index contributed by atoms with van der Waals surface area (Å²) in [6.45, 7) is 0. The summed E-state index contributed by atoms with van der Waals surface area (Å²) >= 11 is 0. The molecule has 0 spiro atoms. The van der Waals surface area contributed by atoms with Crippen LogP contribution in [0.2, 0.25) is 0 Å². The molecule has 140 valence electrons. The van der Waals surface area contributed by atoms with Gasteiger partial charge < -0.3 is 5.11 Å². The normalized spacial score (nSPS) is 11.5. The summed E-state index contributed by atoms with van der Waals surface area (Å²) in [7, 11) is -3.76. The van der Waals surface area contributed by atoms with E-state index in [0.29, 0.717) is 11.4 Å². The van der Waals surface area contributed by atoms with Gasteiger partial charge in [0, 0.05) is 11.1 Å². The van der Waals surface area contributed by atoms with Crippen molar-refractivity contribution in [1.29, 1.82) is 0 Å². The second-order valence-electron chi connectivity index (χ2n) is 6.28. The fraction of sp³-hybridized carbons (Fsp3) is 0. The molecule has 0 fully saturated rings. The minimum atomic E-state index is -3.76. The zero-order valence-electron chi connectivity index (χ0n) is 14.7. The van der Waals surface area contributed by atoms with Gasteiger partial charge in [-0.3, -0.25) is 0 Å². The summed E-state index contributed by atoms with van der Waals surface area (Å²) < 4.78 is 24.8. The molecule has 0 aliphatic carbocycles. The van der Waals surface area contributed by atoms with E-state index in [-0.39, 0.29) is 10.6 Å². The maximum Gasteiger partial charge on any atom is 0.238 e. The Morgan fingerprint density at radius 1 is 0.821 bits per heavy atom. The number of nitrogens with zero attached hydrogens (tertiary/aromatic N) is 2. The molecule has 0 atom stereocenters. The Kier molecular flexibility index (Phi) is 4.46. The van der Waals surface area contributed by atoms with E-state index < -0.39 is 10.0 Å². The molecule has 0 bridgehead atoms. The molecule has 7 heteroatoms. The molecule has 6 nitrogen and oxygen atoms in total. The molecule has 1 aromatic heterocycles. The maximum atomic E-state index is 11.5. The van der Waals surface area contributed by atoms with Crippen molar-refractivity contribution >= 4 is 10.0 Å². The minimum Gasteiger partial charge on any atom is -0.508 e. The number of primary sulfonamides is 1. The molecule has 4 rings (SSSR count). The third-order valence-corrected chi connectivity index (χ3v) is 5.26. The van der Waals surface area contributed by atoms with Crippen molar-refractivity contribution in [3.63, 3.8) is 0 Å². The van der Waals surface area contributed by atoms with E-state index in [0.717, 1.165) is 16.8 Å². The van der Waals surface area contributed by atoms with Crippen molar-refractivity contribution in [1.82, 2.24) is 9.78 Å². The lowest BCUT2D eigenvalue weighted by atomic mass is 10.1. The van der Waals surface area contributed by atoms with E-state index >= 15 is 0 Å². The Balaban J connectivity index is 1.88. The van der Waals surface area contributed by atoms with Crippen molar-refractivity contribution in [2.45, 2.75) is 4.90 Å². The number of rotatable bonds is 4. The van der Waals surface area contributed by atoms with Crippen molar-refractivity contribution < 1.29 is 13.5 Å². The second-order valence-corrected chi connectivity index (χ2v) is 7.84. The summed E-state index contributed by atoms with van der Waals surface area (Å²) in [6, 6.07) is 24.8. The highest BCUT2D eigenvalue weighted by molar-refractivity contribution is 7.89. The molecule has 0 aliphatic heterocycles. The van der Waals surface area contributed by atoms with Crippen LogP contribution in [-0.4, -0.2) is 23.3 Å². The van der Waals surface area contributed by atoms with Crippen LogP contribution in [0, 0.1) is 0 Å². The SMILES string of the molecule is NS(=O)(=O)c1ccc(-n2nc(-c3cccc(O)c3)cc2-c2ccccc2)cc1. The average Bonchev–Trinajstić information content (AvgIpc) is 3.14.